The molecule has 1 heterocycles. The number of nitrogens with one attached hydrogen (secondary N) is 1. The predicted octanol–water partition coefficient (Wildman–Crippen LogP) is 1.90. The maximum Gasteiger partial charge on any atom is 0.251 e. The molecule has 19 heavy (non-hydrogen) atoms. The largest absolute Gasteiger partial charge is 0.398 e. The second-order valence-electron chi connectivity index (χ2n) is 4.03. The number of anilines is 1. The number of nitrogens with zero attached hydrogens (tertiary/aromatic N) is 2. The molecule has 0 bridgehead atoms. The summed E-state index contributed by atoms with van der Waals surface area (Å²) in [6.07, 6.45) is 3.61. The Hall–Kier alpha value is -1.95. The topological polar surface area (TPSA) is 72.9 Å². The van der Waals surface area contributed by atoms with E-state index in [9.17, 15) is 4.79 Å². The first-order chi connectivity index (χ1) is 9.11. The van der Waals surface area contributed by atoms with Crippen molar-refractivity contribution in [3.63, 3.8) is 0 Å². The Morgan fingerprint density at radius 3 is 2.89 bits per heavy atom. The van der Waals surface area contributed by atoms with E-state index in [2.05, 4.69) is 10.3 Å². The summed E-state index contributed by atoms with van der Waals surface area (Å²) >= 11 is 1.48. The van der Waals surface area contributed by atoms with E-state index in [-0.39, 0.29) is 5.91 Å². The highest BCUT2D eigenvalue weighted by atomic mass is 32.2. The van der Waals surface area contributed by atoms with Gasteiger partial charge >= 0.3 is 0 Å². The molecule has 0 saturated carbocycles. The Kier molecular flexibility index (Phi) is 4.11. The minimum absolute atomic E-state index is 0.109. The highest BCUT2D eigenvalue weighted by Gasteiger charge is 2.09. The van der Waals surface area contributed by atoms with Crippen molar-refractivity contribution < 1.29 is 4.79 Å². The van der Waals surface area contributed by atoms with Gasteiger partial charge in [-0.2, -0.15) is 0 Å². The van der Waals surface area contributed by atoms with Crippen LogP contribution >= 0.6 is 11.8 Å². The molecular formula is C13H16N4OS. The van der Waals surface area contributed by atoms with Gasteiger partial charge in [0.2, 0.25) is 0 Å². The van der Waals surface area contributed by atoms with E-state index in [1.807, 2.05) is 30.8 Å². The third-order valence-corrected chi connectivity index (χ3v) is 3.76. The van der Waals surface area contributed by atoms with Crippen LogP contribution in [0.15, 0.2) is 40.6 Å². The van der Waals surface area contributed by atoms with E-state index in [4.69, 9.17) is 5.73 Å². The molecule has 2 aromatic rings. The van der Waals surface area contributed by atoms with Crippen LogP contribution in [0.2, 0.25) is 0 Å². The average molecular weight is 276 g/mol. The number of nitrogen functional groups attached to an aromatic ring is 1. The lowest BCUT2D eigenvalue weighted by Gasteiger charge is -2.08. The van der Waals surface area contributed by atoms with Gasteiger partial charge in [0, 0.05) is 42.1 Å². The van der Waals surface area contributed by atoms with Gasteiger partial charge in [0.25, 0.3) is 5.91 Å². The number of aryl methyl sites for hydroxylation is 1. The van der Waals surface area contributed by atoms with Crippen molar-refractivity contribution in [3.05, 3.63) is 36.2 Å². The number of carbonyl (C=O) groups excluding carboxylic acids is 1. The molecule has 0 aliphatic rings. The standard InChI is InChI=1S/C13H16N4OS/c1-3-15-12(18)9-4-5-11(10(14)8-9)19-13-16-6-7-17(13)2/h4-8H,3,14H2,1-2H3,(H,15,18). The number of hydrogen-bond acceptors (Lipinski definition) is 4. The third kappa shape index (κ3) is 3.08. The Morgan fingerprint density at radius 1 is 1.53 bits per heavy atom. The fraction of sp³-hybridized carbons (Fsp3) is 0.231. The zero-order chi connectivity index (χ0) is 13.8. The SMILES string of the molecule is CCNC(=O)c1ccc(Sc2nccn2C)c(N)c1. The van der Waals surface area contributed by atoms with Crippen molar-refractivity contribution in [2.24, 2.45) is 7.05 Å². The van der Waals surface area contributed by atoms with E-state index in [0.717, 1.165) is 10.1 Å². The van der Waals surface area contributed by atoms with Gasteiger partial charge in [-0.25, -0.2) is 4.98 Å². The van der Waals surface area contributed by atoms with Gasteiger partial charge in [-0.3, -0.25) is 4.79 Å². The Morgan fingerprint density at radius 2 is 2.32 bits per heavy atom. The predicted molar refractivity (Wildman–Crippen MR) is 76.2 cm³/mol. The molecule has 1 aromatic heterocycles. The van der Waals surface area contributed by atoms with Crippen molar-refractivity contribution in [3.8, 4) is 0 Å². The summed E-state index contributed by atoms with van der Waals surface area (Å²) in [4.78, 5) is 16.8. The van der Waals surface area contributed by atoms with Crippen LogP contribution in [0.1, 0.15) is 17.3 Å². The Labute approximate surface area is 116 Å². The zero-order valence-corrected chi connectivity index (χ0v) is 11.7. The summed E-state index contributed by atoms with van der Waals surface area (Å²) < 4.78 is 1.92. The van der Waals surface area contributed by atoms with Crippen LogP contribution in [0, 0.1) is 0 Å². The molecular weight excluding hydrogens is 260 g/mol. The molecule has 0 unspecified atom stereocenters. The maximum atomic E-state index is 11.7. The summed E-state index contributed by atoms with van der Waals surface area (Å²) in [6, 6.07) is 5.31. The second kappa shape index (κ2) is 5.79. The number of benzene rings is 1. The summed E-state index contributed by atoms with van der Waals surface area (Å²) in [6.45, 7) is 2.48. The first-order valence-electron chi connectivity index (χ1n) is 5.94. The van der Waals surface area contributed by atoms with Crippen LogP contribution in [0.25, 0.3) is 0 Å². The summed E-state index contributed by atoms with van der Waals surface area (Å²) in [7, 11) is 1.93. The van der Waals surface area contributed by atoms with Crippen molar-refractivity contribution in [2.45, 2.75) is 17.0 Å². The fourth-order valence-electron chi connectivity index (χ4n) is 1.59. The molecule has 0 fully saturated rings. The molecule has 5 nitrogen and oxygen atoms in total. The molecule has 3 N–H and O–H groups in total. The number of imidazole rings is 1. The van der Waals surface area contributed by atoms with Gasteiger partial charge < -0.3 is 15.6 Å². The van der Waals surface area contributed by atoms with Gasteiger partial charge in [0.15, 0.2) is 5.16 Å². The van der Waals surface area contributed by atoms with Crippen LogP contribution in [-0.4, -0.2) is 22.0 Å². The number of hydrogen-bond donors (Lipinski definition) is 2. The van der Waals surface area contributed by atoms with Crippen LogP contribution in [0.4, 0.5) is 5.69 Å². The molecule has 0 radical (unpaired) electrons. The molecule has 0 atom stereocenters. The van der Waals surface area contributed by atoms with E-state index in [1.165, 1.54) is 11.8 Å². The number of rotatable bonds is 4. The smallest absolute Gasteiger partial charge is 0.251 e. The molecule has 2 rings (SSSR count). The summed E-state index contributed by atoms with van der Waals surface area (Å²) in [5, 5.41) is 3.60. The van der Waals surface area contributed by atoms with Crippen LogP contribution < -0.4 is 11.1 Å². The van der Waals surface area contributed by atoms with Crippen molar-refractivity contribution in [2.75, 3.05) is 12.3 Å². The lowest BCUT2D eigenvalue weighted by atomic mass is 10.2. The normalized spacial score (nSPS) is 10.4. The highest BCUT2D eigenvalue weighted by molar-refractivity contribution is 7.99. The van der Waals surface area contributed by atoms with Crippen molar-refractivity contribution in [1.82, 2.24) is 14.9 Å². The van der Waals surface area contributed by atoms with Crippen molar-refractivity contribution >= 4 is 23.4 Å². The summed E-state index contributed by atoms with van der Waals surface area (Å²) in [5.74, 6) is -0.109. The van der Waals surface area contributed by atoms with E-state index in [1.54, 1.807) is 18.3 Å². The second-order valence-corrected chi connectivity index (χ2v) is 5.04. The molecule has 0 saturated heterocycles. The van der Waals surface area contributed by atoms with E-state index in [0.29, 0.717) is 17.8 Å². The first-order valence-corrected chi connectivity index (χ1v) is 6.76. The quantitative estimate of drug-likeness (QED) is 0.837. The monoisotopic (exact) mass is 276 g/mol. The van der Waals surface area contributed by atoms with Crippen LogP contribution in [0.3, 0.4) is 0 Å². The third-order valence-electron chi connectivity index (χ3n) is 2.59. The minimum atomic E-state index is -0.109. The summed E-state index contributed by atoms with van der Waals surface area (Å²) in [5.41, 5.74) is 7.14. The molecule has 0 aliphatic carbocycles. The van der Waals surface area contributed by atoms with Crippen LogP contribution in [0.5, 0.6) is 0 Å². The van der Waals surface area contributed by atoms with Gasteiger partial charge in [-0.05, 0) is 36.9 Å². The lowest BCUT2D eigenvalue weighted by Crippen LogP contribution is -2.22. The Bertz CT molecular complexity index is 594. The van der Waals surface area contributed by atoms with Gasteiger partial charge in [0.1, 0.15) is 0 Å². The van der Waals surface area contributed by atoms with E-state index >= 15 is 0 Å². The molecule has 1 aromatic carbocycles. The number of amides is 1. The minimum Gasteiger partial charge on any atom is -0.398 e. The van der Waals surface area contributed by atoms with E-state index < -0.39 is 0 Å². The lowest BCUT2D eigenvalue weighted by molar-refractivity contribution is 0.0956. The fourth-order valence-corrected chi connectivity index (χ4v) is 2.42. The molecule has 6 heteroatoms. The maximum absolute atomic E-state index is 11.7. The van der Waals surface area contributed by atoms with Gasteiger partial charge in [-0.1, -0.05) is 0 Å². The molecule has 100 valence electrons. The number of aromatic nitrogens is 2. The number of carbonyl (C=O) groups is 1. The van der Waals surface area contributed by atoms with Crippen molar-refractivity contribution in [1.29, 1.82) is 0 Å². The Balaban J connectivity index is 2.20. The molecule has 0 aliphatic heterocycles. The van der Waals surface area contributed by atoms with Gasteiger partial charge in [-0.15, -0.1) is 0 Å². The van der Waals surface area contributed by atoms with Crippen LogP contribution in [-0.2, 0) is 7.05 Å². The zero-order valence-electron chi connectivity index (χ0n) is 10.9. The molecule has 0 spiro atoms. The number of nitrogens with two attached hydrogens (primary N) is 1. The highest BCUT2D eigenvalue weighted by Crippen LogP contribution is 2.31. The molecule has 1 amide bonds. The van der Waals surface area contributed by atoms with Gasteiger partial charge in [0.05, 0.1) is 0 Å². The average Bonchev–Trinajstić information content (AvgIpc) is 2.78. The first kappa shape index (κ1) is 13.5.